The molecule has 5 rings (SSSR count). The van der Waals surface area contributed by atoms with Crippen LogP contribution in [0.5, 0.6) is 0 Å². The normalized spacial score (nSPS) is 13.1. The van der Waals surface area contributed by atoms with Crippen molar-refractivity contribution in [1.29, 1.82) is 0 Å². The first-order chi connectivity index (χ1) is 17.8. The Balaban J connectivity index is 1.37. The predicted molar refractivity (Wildman–Crippen MR) is 144 cm³/mol. The Hall–Kier alpha value is -3.96. The fourth-order valence-corrected chi connectivity index (χ4v) is 5.17. The topological polar surface area (TPSA) is 76.5 Å². The molecule has 0 aliphatic heterocycles. The molecule has 0 fully saturated rings. The van der Waals surface area contributed by atoms with E-state index in [4.69, 9.17) is 8.94 Å². The fourth-order valence-electron chi connectivity index (χ4n) is 5.17. The summed E-state index contributed by atoms with van der Waals surface area (Å²) in [5.74, 6) is 0.911. The summed E-state index contributed by atoms with van der Waals surface area (Å²) in [5.41, 5.74) is 7.40. The van der Waals surface area contributed by atoms with Crippen molar-refractivity contribution < 1.29 is 18.8 Å². The Bertz CT molecular complexity index is 1540. The van der Waals surface area contributed by atoms with Gasteiger partial charge in [-0.15, -0.1) is 0 Å². The number of Topliss-reactive ketones (excluding diaryl/α,β-unsaturated/α-hetero) is 1. The van der Waals surface area contributed by atoms with Gasteiger partial charge in [0, 0.05) is 11.8 Å². The first-order valence-corrected chi connectivity index (χ1v) is 12.6. The summed E-state index contributed by atoms with van der Waals surface area (Å²) in [4.78, 5) is 13.6. The Morgan fingerprint density at radius 1 is 0.946 bits per heavy atom. The maximum absolute atomic E-state index is 13.6. The first kappa shape index (κ1) is 24.7. The van der Waals surface area contributed by atoms with Gasteiger partial charge < -0.3 is 14.0 Å². The van der Waals surface area contributed by atoms with Crippen molar-refractivity contribution in [3.8, 4) is 0 Å². The number of benzene rings is 3. The quantitative estimate of drug-likeness (QED) is 0.250. The minimum Gasteiger partial charge on any atom is -0.458 e. The van der Waals surface area contributed by atoms with Crippen molar-refractivity contribution in [3.63, 3.8) is 0 Å². The number of aliphatic hydroxyl groups excluding tert-OH is 1. The average Bonchev–Trinajstić information content (AvgIpc) is 3.46. The summed E-state index contributed by atoms with van der Waals surface area (Å²) < 4.78 is 11.1. The van der Waals surface area contributed by atoms with E-state index in [0.717, 1.165) is 27.6 Å². The molecule has 0 aliphatic carbocycles. The van der Waals surface area contributed by atoms with E-state index in [1.807, 2.05) is 54.6 Å². The van der Waals surface area contributed by atoms with Gasteiger partial charge in [-0.25, -0.2) is 0 Å². The highest BCUT2D eigenvalue weighted by atomic mass is 16.5. The van der Waals surface area contributed by atoms with Crippen molar-refractivity contribution in [2.75, 3.05) is 0 Å². The van der Waals surface area contributed by atoms with Crippen LogP contribution in [0, 0.1) is 27.7 Å². The molecule has 2 heterocycles. The number of carbonyl (C=O) groups excluding carboxylic acids is 1. The molecule has 188 valence electrons. The molecule has 2 unspecified atom stereocenters. The number of rotatable bonds is 8. The zero-order valence-corrected chi connectivity index (χ0v) is 21.6. The summed E-state index contributed by atoms with van der Waals surface area (Å²) in [6.07, 6.45) is 0.0915. The summed E-state index contributed by atoms with van der Waals surface area (Å²) in [6.45, 7) is 7.72. The third-order valence-electron chi connectivity index (χ3n) is 7.08. The van der Waals surface area contributed by atoms with Gasteiger partial charge in [-0.3, -0.25) is 4.79 Å². The second-order valence-corrected chi connectivity index (χ2v) is 9.83. The van der Waals surface area contributed by atoms with Crippen molar-refractivity contribution in [1.82, 2.24) is 5.16 Å². The van der Waals surface area contributed by atoms with Crippen molar-refractivity contribution in [2.24, 2.45) is 0 Å². The lowest BCUT2D eigenvalue weighted by Gasteiger charge is -2.19. The maximum atomic E-state index is 13.6. The van der Waals surface area contributed by atoms with E-state index in [1.54, 1.807) is 13.8 Å². The van der Waals surface area contributed by atoms with Gasteiger partial charge in [0.05, 0.1) is 17.2 Å². The molecule has 5 heteroatoms. The van der Waals surface area contributed by atoms with Gasteiger partial charge in [0.15, 0.2) is 0 Å². The number of aromatic nitrogens is 1. The third kappa shape index (κ3) is 5.00. The molecule has 0 aliphatic rings. The third-order valence-corrected chi connectivity index (χ3v) is 7.08. The van der Waals surface area contributed by atoms with Crippen LogP contribution in [0.1, 0.15) is 69.0 Å². The zero-order valence-electron chi connectivity index (χ0n) is 21.6. The molecule has 3 aromatic carbocycles. The lowest BCUT2D eigenvalue weighted by Crippen LogP contribution is -2.16. The number of hydrogen-bond acceptors (Lipinski definition) is 5. The highest BCUT2D eigenvalue weighted by Gasteiger charge is 2.25. The Labute approximate surface area is 216 Å². The number of carbonyl (C=O) groups is 1. The molecule has 1 N–H and O–H groups in total. The van der Waals surface area contributed by atoms with Crippen LogP contribution in [0.3, 0.4) is 0 Å². The second kappa shape index (κ2) is 10.2. The van der Waals surface area contributed by atoms with E-state index < -0.39 is 6.10 Å². The highest BCUT2D eigenvalue weighted by molar-refractivity contribution is 5.89. The molecule has 37 heavy (non-hydrogen) atoms. The molecular formula is C32H31NO4. The second-order valence-electron chi connectivity index (χ2n) is 9.83. The Morgan fingerprint density at radius 3 is 2.43 bits per heavy atom. The van der Waals surface area contributed by atoms with Crippen LogP contribution < -0.4 is 0 Å². The molecule has 0 radical (unpaired) electrons. The lowest BCUT2D eigenvalue weighted by molar-refractivity contribution is -0.119. The largest absolute Gasteiger partial charge is 0.458 e. The highest BCUT2D eigenvalue weighted by Crippen LogP contribution is 2.33. The van der Waals surface area contributed by atoms with Gasteiger partial charge in [-0.2, -0.15) is 0 Å². The molecule has 0 spiro atoms. The van der Waals surface area contributed by atoms with Gasteiger partial charge >= 0.3 is 0 Å². The minimum absolute atomic E-state index is 0.194. The first-order valence-electron chi connectivity index (χ1n) is 12.6. The molecular weight excluding hydrogens is 462 g/mol. The van der Waals surface area contributed by atoms with E-state index in [9.17, 15) is 9.90 Å². The van der Waals surface area contributed by atoms with Crippen LogP contribution in [0.4, 0.5) is 0 Å². The van der Waals surface area contributed by atoms with Crippen molar-refractivity contribution in [2.45, 2.75) is 52.6 Å². The van der Waals surface area contributed by atoms with Gasteiger partial charge in [0.25, 0.3) is 0 Å². The predicted octanol–water partition coefficient (Wildman–Crippen LogP) is 7.07. The summed E-state index contributed by atoms with van der Waals surface area (Å²) in [7, 11) is 0. The number of nitrogens with zero attached hydrogens (tertiary/aromatic N) is 1. The monoisotopic (exact) mass is 493 g/mol. The lowest BCUT2D eigenvalue weighted by atomic mass is 9.83. The van der Waals surface area contributed by atoms with Gasteiger partial charge in [-0.1, -0.05) is 65.3 Å². The molecule has 0 bridgehead atoms. The number of hydrogen-bond donors (Lipinski definition) is 1. The molecule has 0 saturated heterocycles. The number of fused-ring (bicyclic) bond motifs is 1. The molecule has 0 amide bonds. The van der Waals surface area contributed by atoms with Crippen LogP contribution in [0.25, 0.3) is 11.0 Å². The number of furan rings is 1. The van der Waals surface area contributed by atoms with Crippen molar-refractivity contribution in [3.05, 3.63) is 123 Å². The van der Waals surface area contributed by atoms with E-state index in [1.165, 1.54) is 5.56 Å². The van der Waals surface area contributed by atoms with Crippen LogP contribution >= 0.6 is 0 Å². The summed E-state index contributed by atoms with van der Waals surface area (Å²) in [5, 5.41) is 15.7. The van der Waals surface area contributed by atoms with Crippen LogP contribution in [-0.2, 0) is 11.2 Å². The molecule has 2 aromatic heterocycles. The minimum atomic E-state index is -0.951. The van der Waals surface area contributed by atoms with Gasteiger partial charge in [0.2, 0.25) is 0 Å². The molecule has 2 atom stereocenters. The molecule has 5 aromatic rings. The van der Waals surface area contributed by atoms with E-state index >= 15 is 0 Å². The number of ketones is 1. The van der Waals surface area contributed by atoms with E-state index in [0.29, 0.717) is 41.2 Å². The Morgan fingerprint density at radius 2 is 1.73 bits per heavy atom. The van der Waals surface area contributed by atoms with Crippen LogP contribution in [0.15, 0.2) is 81.7 Å². The smallest absolute Gasteiger partial charge is 0.145 e. The zero-order chi connectivity index (χ0) is 26.1. The van der Waals surface area contributed by atoms with Crippen molar-refractivity contribution >= 4 is 16.8 Å². The molecule has 5 nitrogen and oxygen atoms in total. The Kier molecular flexibility index (Phi) is 6.81. The van der Waals surface area contributed by atoms with E-state index in [-0.39, 0.29) is 11.7 Å². The summed E-state index contributed by atoms with van der Waals surface area (Å²) >= 11 is 0. The summed E-state index contributed by atoms with van der Waals surface area (Å²) in [6, 6.07) is 24.1. The average molecular weight is 494 g/mol. The van der Waals surface area contributed by atoms with Gasteiger partial charge in [0.1, 0.15) is 29.0 Å². The van der Waals surface area contributed by atoms with Crippen LogP contribution in [0.2, 0.25) is 0 Å². The van der Waals surface area contributed by atoms with E-state index in [2.05, 4.69) is 37.2 Å². The molecule has 0 saturated carbocycles. The standard InChI is InChI=1S/C32H31NO4/c1-19-10-13-26(20(2)16-19)31(24-8-6-5-7-9-24)27(34)14-11-23-12-15-28-25(17-23)18-29(36-28)32(35)30-21(3)33-37-22(30)4/h5-10,12-13,15-18,31-32,35H,11,14H2,1-4H3. The SMILES string of the molecule is Cc1ccc(C(C(=O)CCc2ccc3oc(C(O)c4c(C)noc4C)cc3c2)c2ccccc2)c(C)c1. The van der Waals surface area contributed by atoms with Gasteiger partial charge in [-0.05, 0) is 74.6 Å². The number of aryl methyl sites for hydroxylation is 5. The number of aliphatic hydroxyl groups is 1. The fraction of sp³-hybridized carbons (Fsp3) is 0.250. The maximum Gasteiger partial charge on any atom is 0.145 e. The van der Waals surface area contributed by atoms with Crippen LogP contribution in [-0.4, -0.2) is 16.0 Å².